The lowest BCUT2D eigenvalue weighted by Gasteiger charge is -2.24. The minimum atomic E-state index is -0.722. The molecule has 2 fully saturated rings. The summed E-state index contributed by atoms with van der Waals surface area (Å²) in [5.74, 6) is -1.40. The van der Waals surface area contributed by atoms with Crippen LogP contribution in [0.3, 0.4) is 0 Å². The summed E-state index contributed by atoms with van der Waals surface area (Å²) in [5.41, 5.74) is 0. The number of hydrogen-bond donors (Lipinski definition) is 1. The molecular weight excluding hydrogens is 236 g/mol. The van der Waals surface area contributed by atoms with E-state index in [4.69, 9.17) is 18.9 Å². The average molecular weight is 258 g/mol. The lowest BCUT2D eigenvalue weighted by molar-refractivity contribution is -0.175. The second kappa shape index (κ2) is 4.58. The first-order valence-corrected chi connectivity index (χ1v) is 6.23. The first-order chi connectivity index (χ1) is 8.28. The van der Waals surface area contributed by atoms with E-state index < -0.39 is 17.7 Å². The van der Waals surface area contributed by atoms with Crippen LogP contribution in [0.4, 0.5) is 0 Å². The molecule has 0 bridgehead atoms. The minimum Gasteiger partial charge on any atom is -0.394 e. The molecule has 0 aromatic rings. The summed E-state index contributed by atoms with van der Waals surface area (Å²) in [6.45, 7) is 11.0. The van der Waals surface area contributed by atoms with Crippen LogP contribution in [-0.2, 0) is 18.9 Å². The van der Waals surface area contributed by atoms with Crippen molar-refractivity contribution < 1.29 is 24.1 Å². The predicted molar refractivity (Wildman–Crippen MR) is 64.9 cm³/mol. The van der Waals surface area contributed by atoms with Crippen molar-refractivity contribution in [3.05, 3.63) is 12.7 Å². The zero-order valence-electron chi connectivity index (χ0n) is 11.4. The van der Waals surface area contributed by atoms with Gasteiger partial charge in [0.1, 0.15) is 24.4 Å². The molecule has 0 aliphatic carbocycles. The van der Waals surface area contributed by atoms with E-state index in [2.05, 4.69) is 6.58 Å². The van der Waals surface area contributed by atoms with Gasteiger partial charge < -0.3 is 24.1 Å². The lowest BCUT2D eigenvalue weighted by atomic mass is 10.0. The monoisotopic (exact) mass is 258 g/mol. The Bertz CT molecular complexity index is 325. The molecule has 1 N–H and O–H groups in total. The molecule has 5 nitrogen and oxygen atoms in total. The van der Waals surface area contributed by atoms with Crippen molar-refractivity contribution in [2.24, 2.45) is 0 Å². The largest absolute Gasteiger partial charge is 0.394 e. The highest BCUT2D eigenvalue weighted by Gasteiger charge is 2.52. The number of ether oxygens (including phenoxy) is 4. The van der Waals surface area contributed by atoms with Crippen LogP contribution >= 0.6 is 0 Å². The van der Waals surface area contributed by atoms with Gasteiger partial charge in [0.05, 0.1) is 6.61 Å². The summed E-state index contributed by atoms with van der Waals surface area (Å²) >= 11 is 0. The Morgan fingerprint density at radius 2 is 1.56 bits per heavy atom. The molecule has 0 spiro atoms. The molecule has 2 saturated heterocycles. The molecule has 0 unspecified atom stereocenters. The van der Waals surface area contributed by atoms with Crippen molar-refractivity contribution in [1.82, 2.24) is 0 Å². The number of hydrogen-bond acceptors (Lipinski definition) is 5. The fraction of sp³-hybridized carbons (Fsp3) is 0.846. The second-order valence-corrected chi connectivity index (χ2v) is 5.62. The van der Waals surface area contributed by atoms with E-state index in [-0.39, 0.29) is 24.9 Å². The second-order valence-electron chi connectivity index (χ2n) is 5.62. The topological polar surface area (TPSA) is 57.2 Å². The van der Waals surface area contributed by atoms with Gasteiger partial charge in [-0.15, -0.1) is 6.58 Å². The third kappa shape index (κ3) is 2.60. The Hall–Kier alpha value is -0.460. The van der Waals surface area contributed by atoms with Gasteiger partial charge in [0, 0.05) is 0 Å². The predicted octanol–water partition coefficient (Wildman–Crippen LogP) is 1.20. The highest BCUT2D eigenvalue weighted by atomic mass is 16.8. The zero-order valence-corrected chi connectivity index (χ0v) is 11.4. The van der Waals surface area contributed by atoms with E-state index in [9.17, 15) is 5.11 Å². The summed E-state index contributed by atoms with van der Waals surface area (Å²) in [5, 5.41) is 9.39. The van der Waals surface area contributed by atoms with E-state index in [1.54, 1.807) is 6.08 Å². The molecule has 2 rings (SSSR count). The summed E-state index contributed by atoms with van der Waals surface area (Å²) in [7, 11) is 0. The highest BCUT2D eigenvalue weighted by molar-refractivity contribution is 5.01. The normalized spacial score (nSPS) is 42.1. The quantitative estimate of drug-likeness (QED) is 0.771. The van der Waals surface area contributed by atoms with Gasteiger partial charge in [-0.25, -0.2) is 0 Å². The van der Waals surface area contributed by atoms with E-state index in [1.807, 2.05) is 27.7 Å². The molecule has 2 aliphatic heterocycles. The average Bonchev–Trinajstić information content (AvgIpc) is 2.74. The van der Waals surface area contributed by atoms with Gasteiger partial charge in [-0.05, 0) is 27.7 Å². The third-order valence-corrected chi connectivity index (χ3v) is 3.12. The van der Waals surface area contributed by atoms with Crippen LogP contribution in [0.1, 0.15) is 27.7 Å². The van der Waals surface area contributed by atoms with E-state index >= 15 is 0 Å². The Morgan fingerprint density at radius 1 is 1.00 bits per heavy atom. The van der Waals surface area contributed by atoms with Crippen molar-refractivity contribution in [3.63, 3.8) is 0 Å². The van der Waals surface area contributed by atoms with Crippen LogP contribution in [0, 0.1) is 0 Å². The standard InChI is InChI=1S/C13H22O5/c1-6-8-10(17-12(2,3)15-8)11-9(7-14)16-13(4,5)18-11/h6,8-11,14H,1,7H2,2-5H3/t8-,9+,10+,11+/m0/s1. The molecule has 2 heterocycles. The summed E-state index contributed by atoms with van der Waals surface area (Å²) in [6.07, 6.45) is 0.329. The molecule has 104 valence electrons. The van der Waals surface area contributed by atoms with Crippen molar-refractivity contribution in [2.45, 2.75) is 63.7 Å². The van der Waals surface area contributed by atoms with Crippen LogP contribution in [0.2, 0.25) is 0 Å². The molecule has 0 aromatic carbocycles. The minimum absolute atomic E-state index is 0.113. The maximum absolute atomic E-state index is 9.39. The van der Waals surface area contributed by atoms with Crippen LogP contribution in [0.15, 0.2) is 12.7 Å². The maximum Gasteiger partial charge on any atom is 0.164 e. The van der Waals surface area contributed by atoms with Gasteiger partial charge >= 0.3 is 0 Å². The molecule has 2 aliphatic rings. The SMILES string of the molecule is C=C[C@@H]1OC(C)(C)O[C@H]1[C@@H]1OC(C)(C)O[C@@H]1CO. The first-order valence-electron chi connectivity index (χ1n) is 6.23. The fourth-order valence-corrected chi connectivity index (χ4v) is 2.54. The van der Waals surface area contributed by atoms with Crippen LogP contribution in [0.5, 0.6) is 0 Å². The van der Waals surface area contributed by atoms with Gasteiger partial charge in [-0.1, -0.05) is 6.08 Å². The van der Waals surface area contributed by atoms with Crippen molar-refractivity contribution in [2.75, 3.05) is 6.61 Å². The third-order valence-electron chi connectivity index (χ3n) is 3.12. The number of rotatable bonds is 3. The van der Waals surface area contributed by atoms with E-state index in [0.29, 0.717) is 0 Å². The summed E-state index contributed by atoms with van der Waals surface area (Å²) in [6, 6.07) is 0. The van der Waals surface area contributed by atoms with Crippen LogP contribution < -0.4 is 0 Å². The Kier molecular flexibility index (Phi) is 3.55. The van der Waals surface area contributed by atoms with Gasteiger partial charge in [-0.2, -0.15) is 0 Å². The van der Waals surface area contributed by atoms with E-state index in [1.165, 1.54) is 0 Å². The van der Waals surface area contributed by atoms with Crippen molar-refractivity contribution in [3.8, 4) is 0 Å². The summed E-state index contributed by atoms with van der Waals surface area (Å²) in [4.78, 5) is 0. The number of aliphatic hydroxyl groups is 1. The Labute approximate surface area is 108 Å². The first kappa shape index (κ1) is 14.0. The molecule has 4 atom stereocenters. The number of aliphatic hydroxyl groups excluding tert-OH is 1. The van der Waals surface area contributed by atoms with Gasteiger partial charge in [0.25, 0.3) is 0 Å². The smallest absolute Gasteiger partial charge is 0.164 e. The van der Waals surface area contributed by atoms with Crippen molar-refractivity contribution >= 4 is 0 Å². The van der Waals surface area contributed by atoms with Crippen LogP contribution in [-0.4, -0.2) is 47.7 Å². The molecule has 18 heavy (non-hydrogen) atoms. The van der Waals surface area contributed by atoms with Gasteiger partial charge in [0.15, 0.2) is 11.6 Å². The Balaban J connectivity index is 2.17. The van der Waals surface area contributed by atoms with Crippen molar-refractivity contribution in [1.29, 1.82) is 0 Å². The molecular formula is C13H22O5. The Morgan fingerprint density at radius 3 is 2.11 bits per heavy atom. The maximum atomic E-state index is 9.39. The lowest BCUT2D eigenvalue weighted by Crippen LogP contribution is -2.42. The molecule has 0 radical (unpaired) electrons. The van der Waals surface area contributed by atoms with Crippen LogP contribution in [0.25, 0.3) is 0 Å². The van der Waals surface area contributed by atoms with Gasteiger partial charge in [0.2, 0.25) is 0 Å². The zero-order chi connectivity index (χ0) is 13.6. The van der Waals surface area contributed by atoms with E-state index in [0.717, 1.165) is 0 Å². The molecule has 5 heteroatoms. The highest BCUT2D eigenvalue weighted by Crippen LogP contribution is 2.38. The molecule has 0 amide bonds. The molecule has 0 saturated carbocycles. The molecule has 0 aromatic heterocycles. The van der Waals surface area contributed by atoms with Gasteiger partial charge in [-0.3, -0.25) is 0 Å². The fourth-order valence-electron chi connectivity index (χ4n) is 2.54. The summed E-state index contributed by atoms with van der Waals surface area (Å²) < 4.78 is 23.0.